The second-order valence-corrected chi connectivity index (χ2v) is 4.71. The molecule has 0 aliphatic heterocycles. The maximum Gasteiger partial charge on any atom is 0.157 e. The van der Waals surface area contributed by atoms with Crippen molar-refractivity contribution in [2.75, 3.05) is 0 Å². The van der Waals surface area contributed by atoms with E-state index in [1.165, 1.54) is 0 Å². The van der Waals surface area contributed by atoms with Crippen molar-refractivity contribution >= 4 is 51.7 Å². The first-order valence-corrected chi connectivity index (χ1v) is 8.13. The van der Waals surface area contributed by atoms with Crippen molar-refractivity contribution in [1.82, 2.24) is 10.2 Å². The Kier molecular flexibility index (Phi) is 5.11. The topological polar surface area (TPSA) is 35.0 Å². The van der Waals surface area contributed by atoms with E-state index in [2.05, 4.69) is 32.2 Å². The van der Waals surface area contributed by atoms with Gasteiger partial charge in [0.1, 0.15) is 0 Å². The van der Waals surface area contributed by atoms with E-state index in [0.29, 0.717) is 16.8 Å². The van der Waals surface area contributed by atoms with Crippen molar-refractivity contribution in [3.63, 3.8) is 0 Å². The predicted molar refractivity (Wildman–Crippen MR) is 63.9 cm³/mol. The third-order valence-corrected chi connectivity index (χ3v) is 3.09. The van der Waals surface area contributed by atoms with E-state index in [1.807, 2.05) is 6.92 Å². The molecule has 13 heavy (non-hydrogen) atoms. The molecule has 1 aromatic rings. The van der Waals surface area contributed by atoms with Crippen LogP contribution in [-0.4, -0.2) is 10.2 Å². The molecule has 0 bridgehead atoms. The van der Waals surface area contributed by atoms with Crippen molar-refractivity contribution in [3.8, 4) is 0 Å². The number of nitrogens with zero attached hydrogens (tertiary/aromatic N) is 2. The number of halogens is 3. The molecule has 0 amide bonds. The molecule has 0 radical (unpaired) electrons. The second-order valence-electron chi connectivity index (χ2n) is 2.25. The fraction of sp³-hybridized carbons (Fsp3) is 0.333. The van der Waals surface area contributed by atoms with Crippen LogP contribution in [0.3, 0.4) is 0 Å². The van der Waals surface area contributed by atoms with Gasteiger partial charge in [0, 0.05) is 5.56 Å². The van der Waals surface area contributed by atoms with E-state index in [0.717, 1.165) is 5.56 Å². The molecule has 1 aromatic heterocycles. The van der Waals surface area contributed by atoms with Gasteiger partial charge in [0.25, 0.3) is 0 Å². The minimum absolute atomic E-state index is 0.101. The zero-order valence-corrected chi connectivity index (χ0v) is 11.3. The molecule has 7 heteroatoms. The lowest BCUT2D eigenvalue weighted by atomic mass is 10.2. The summed E-state index contributed by atoms with van der Waals surface area (Å²) in [5.41, 5.74) is 0.769. The van der Waals surface area contributed by atoms with Gasteiger partial charge < -0.3 is 4.52 Å². The predicted octanol–water partition coefficient (Wildman–Crippen LogP) is 3.80. The van der Waals surface area contributed by atoms with Crippen LogP contribution in [0, 0.1) is 0 Å². The minimum atomic E-state index is -0.101. The normalized spacial score (nSPS) is 13.8. The Hall–Kier alpha value is 0.780. The van der Waals surface area contributed by atoms with Gasteiger partial charge in [-0.15, -0.1) is 10.2 Å². The first-order chi connectivity index (χ1) is 6.15. The maximum absolute atomic E-state index is 5.82. The molecule has 0 saturated heterocycles. The summed E-state index contributed by atoms with van der Waals surface area (Å²) in [7, 11) is 0. The summed E-state index contributed by atoms with van der Waals surface area (Å²) in [6.07, 6.45) is -0.101. The quantitative estimate of drug-likeness (QED) is 0.614. The summed E-state index contributed by atoms with van der Waals surface area (Å²) in [4.78, 5) is 0. The summed E-state index contributed by atoms with van der Waals surface area (Å²) in [6.45, 7) is 2.27. The number of hydrogen-bond donors (Lipinski definition) is 0. The Morgan fingerprint density at radius 3 is 2.85 bits per heavy atom. The molecule has 0 N–H and O–H groups in total. The molecule has 72 valence electrons. The average molecular weight is 351 g/mol. The standard InChI is InChI=1S/C6H6Cl2IN2OP/c1-3(12-13-9)4-2-5(7)10-11-6(4)8/h2-3,13H,1H3. The zero-order valence-electron chi connectivity index (χ0n) is 6.59. The van der Waals surface area contributed by atoms with Gasteiger partial charge in [-0.3, -0.25) is 0 Å². The summed E-state index contributed by atoms with van der Waals surface area (Å²) < 4.78 is 5.37. The summed E-state index contributed by atoms with van der Waals surface area (Å²) in [5, 5.41) is 7.96. The van der Waals surface area contributed by atoms with Gasteiger partial charge in [0.2, 0.25) is 0 Å². The van der Waals surface area contributed by atoms with Crippen molar-refractivity contribution in [3.05, 3.63) is 21.9 Å². The lowest BCUT2D eigenvalue weighted by Crippen LogP contribution is -1.97. The largest absolute Gasteiger partial charge is 0.344 e. The molecule has 2 unspecified atom stereocenters. The van der Waals surface area contributed by atoms with Crippen LogP contribution in [0.2, 0.25) is 10.3 Å². The monoisotopic (exact) mass is 350 g/mol. The maximum atomic E-state index is 5.82. The molecule has 0 saturated carbocycles. The Morgan fingerprint density at radius 1 is 1.54 bits per heavy atom. The van der Waals surface area contributed by atoms with Crippen LogP contribution >= 0.6 is 51.7 Å². The average Bonchev–Trinajstić information content (AvgIpc) is 2.09. The van der Waals surface area contributed by atoms with Crippen molar-refractivity contribution < 1.29 is 4.52 Å². The van der Waals surface area contributed by atoms with Crippen LogP contribution in [0.1, 0.15) is 18.6 Å². The van der Waals surface area contributed by atoms with Crippen LogP contribution in [0.5, 0.6) is 0 Å². The number of hydrogen-bond acceptors (Lipinski definition) is 3. The van der Waals surface area contributed by atoms with Gasteiger partial charge in [-0.1, -0.05) is 23.2 Å². The fourth-order valence-corrected chi connectivity index (χ4v) is 2.59. The highest BCUT2D eigenvalue weighted by molar-refractivity contribution is 14.2. The van der Waals surface area contributed by atoms with Gasteiger partial charge in [-0.2, -0.15) is 0 Å². The lowest BCUT2D eigenvalue weighted by Gasteiger charge is -2.11. The van der Waals surface area contributed by atoms with Gasteiger partial charge in [0.15, 0.2) is 10.3 Å². The molecule has 0 aromatic carbocycles. The van der Waals surface area contributed by atoms with Gasteiger partial charge in [-0.05, 0) is 35.0 Å². The van der Waals surface area contributed by atoms with Crippen LogP contribution in [-0.2, 0) is 4.52 Å². The molecular formula is C6H6Cl2IN2OP. The molecule has 2 atom stereocenters. The molecular weight excluding hydrogens is 345 g/mol. The Labute approximate surface area is 101 Å². The summed E-state index contributed by atoms with van der Waals surface area (Å²) >= 11 is 13.6. The first-order valence-electron chi connectivity index (χ1n) is 3.35. The minimum Gasteiger partial charge on any atom is -0.344 e. The highest BCUT2D eigenvalue weighted by Gasteiger charge is 2.12. The van der Waals surface area contributed by atoms with Crippen LogP contribution < -0.4 is 0 Å². The molecule has 0 fully saturated rings. The second kappa shape index (κ2) is 5.61. The molecule has 0 spiro atoms. The number of aromatic nitrogens is 2. The van der Waals surface area contributed by atoms with E-state index >= 15 is 0 Å². The summed E-state index contributed by atoms with van der Waals surface area (Å²) in [6, 6.07) is 1.67. The summed E-state index contributed by atoms with van der Waals surface area (Å²) in [5.74, 6) is 0. The smallest absolute Gasteiger partial charge is 0.157 e. The first kappa shape index (κ1) is 11.9. The molecule has 1 heterocycles. The molecule has 1 rings (SSSR count). The SMILES string of the molecule is CC(OPI)c1cc(Cl)nnc1Cl. The van der Waals surface area contributed by atoms with E-state index in [9.17, 15) is 0 Å². The molecule has 0 aliphatic rings. The Balaban J connectivity index is 2.91. The fourth-order valence-electron chi connectivity index (χ4n) is 0.782. The molecule has 3 nitrogen and oxygen atoms in total. The van der Waals surface area contributed by atoms with Crippen molar-refractivity contribution in [2.24, 2.45) is 0 Å². The van der Waals surface area contributed by atoms with Gasteiger partial charge in [-0.25, -0.2) is 0 Å². The van der Waals surface area contributed by atoms with E-state index in [1.54, 1.807) is 6.07 Å². The lowest BCUT2D eigenvalue weighted by molar-refractivity contribution is 0.268. The Morgan fingerprint density at radius 2 is 2.23 bits per heavy atom. The Bertz CT molecular complexity index is 302. The highest BCUT2D eigenvalue weighted by Crippen LogP contribution is 2.34. The number of rotatable bonds is 3. The zero-order chi connectivity index (χ0) is 9.84. The van der Waals surface area contributed by atoms with Gasteiger partial charge >= 0.3 is 0 Å². The van der Waals surface area contributed by atoms with Crippen LogP contribution in [0.4, 0.5) is 0 Å². The third kappa shape index (κ3) is 3.44. The highest BCUT2D eigenvalue weighted by atomic mass is 127. The third-order valence-electron chi connectivity index (χ3n) is 1.41. The molecule has 0 aliphatic carbocycles. The van der Waals surface area contributed by atoms with Crippen LogP contribution in [0.25, 0.3) is 0 Å². The van der Waals surface area contributed by atoms with E-state index in [4.69, 9.17) is 27.7 Å². The van der Waals surface area contributed by atoms with Gasteiger partial charge in [0.05, 0.1) is 12.6 Å². The van der Waals surface area contributed by atoms with E-state index in [-0.39, 0.29) is 6.10 Å². The van der Waals surface area contributed by atoms with Crippen molar-refractivity contribution in [1.29, 1.82) is 0 Å². The van der Waals surface area contributed by atoms with Crippen LogP contribution in [0.15, 0.2) is 6.07 Å². The van der Waals surface area contributed by atoms with Crippen molar-refractivity contribution in [2.45, 2.75) is 13.0 Å². The van der Waals surface area contributed by atoms with E-state index < -0.39 is 0 Å².